The maximum absolute atomic E-state index is 14.8. The fraction of sp³-hybridized carbons (Fsp3) is 0.600. The second-order valence-electron chi connectivity index (χ2n) is 16.6. The number of carbonyl (C=O) groups is 4. The SMILES string of the molecule is CC(C)(C)OC(=O)CCC(CO)NC(=O)c1cccc(CNC(=O)C23CC4OC(=O)C2N(Cc2cccc(I)c2)OC3C2OC(C3CC3)(C3CC3)OC42)c1. The second kappa shape index (κ2) is 14.4. The zero-order valence-corrected chi connectivity index (χ0v) is 32.9. The van der Waals surface area contributed by atoms with Gasteiger partial charge in [0.15, 0.2) is 11.8 Å². The molecule has 3 aliphatic heterocycles. The summed E-state index contributed by atoms with van der Waals surface area (Å²) in [6, 6.07) is 13.1. The lowest BCUT2D eigenvalue weighted by molar-refractivity contribution is -0.235. The fourth-order valence-electron chi connectivity index (χ4n) is 8.81. The van der Waals surface area contributed by atoms with Crippen LogP contribution < -0.4 is 10.6 Å². The standard InChI is InChI=1S/C40H48IN3O10/c1-38(2,3)51-30(46)15-14-28(21-45)43-35(47)24-8-4-6-22(16-24)19-42-37(49)39-18-29-31-32(53-40(52-31,25-10-11-25)26-12-13-26)34(39)54-44(33(39)36(48)50-29)20-23-7-5-9-27(41)17-23/h4-9,16-17,25-26,28-29,31-34,45H,10-15,18-21H2,1-3H3,(H,42,49)(H,43,47). The van der Waals surface area contributed by atoms with Gasteiger partial charge in [-0.3, -0.25) is 24.0 Å². The van der Waals surface area contributed by atoms with Gasteiger partial charge in [0.1, 0.15) is 35.4 Å². The van der Waals surface area contributed by atoms with E-state index < -0.39 is 71.1 Å². The Bertz CT molecular complexity index is 1800. The maximum Gasteiger partial charge on any atom is 0.327 e. The van der Waals surface area contributed by atoms with Gasteiger partial charge < -0.3 is 34.7 Å². The van der Waals surface area contributed by atoms with Crippen LogP contribution in [0.2, 0.25) is 0 Å². The summed E-state index contributed by atoms with van der Waals surface area (Å²) in [4.78, 5) is 60.9. The highest BCUT2D eigenvalue weighted by atomic mass is 127. The highest BCUT2D eigenvalue weighted by Crippen LogP contribution is 2.63. The minimum Gasteiger partial charge on any atom is -0.460 e. The summed E-state index contributed by atoms with van der Waals surface area (Å²) in [5.41, 5.74) is -0.0170. The molecular formula is C40H48IN3O10. The number of hydrogen-bond donors (Lipinski definition) is 3. The lowest BCUT2D eigenvalue weighted by atomic mass is 9.62. The summed E-state index contributed by atoms with van der Waals surface area (Å²) in [6.45, 7) is 5.34. The first-order chi connectivity index (χ1) is 25.8. The lowest BCUT2D eigenvalue weighted by Gasteiger charge is -2.48. The smallest absolute Gasteiger partial charge is 0.327 e. The van der Waals surface area contributed by atoms with Crippen LogP contribution in [0.3, 0.4) is 0 Å². The van der Waals surface area contributed by atoms with Gasteiger partial charge in [0, 0.05) is 40.4 Å². The molecule has 2 aromatic carbocycles. The normalized spacial score (nSPS) is 30.2. The second-order valence-corrected chi connectivity index (χ2v) is 17.9. The molecule has 0 aromatic heterocycles. The summed E-state index contributed by atoms with van der Waals surface area (Å²) in [5.74, 6) is -1.89. The molecule has 2 bridgehead atoms. The van der Waals surface area contributed by atoms with Crippen molar-refractivity contribution in [3.05, 3.63) is 68.8 Å². The van der Waals surface area contributed by atoms with E-state index in [-0.39, 0.29) is 56.7 Å². The van der Waals surface area contributed by atoms with Crippen LogP contribution >= 0.6 is 22.6 Å². The molecule has 2 amide bonds. The van der Waals surface area contributed by atoms with Gasteiger partial charge in [0.2, 0.25) is 5.91 Å². The third kappa shape index (κ3) is 7.18. The number of hydroxylamine groups is 2. The number of rotatable bonds is 13. The molecule has 2 aromatic rings. The number of hydrogen-bond acceptors (Lipinski definition) is 11. The molecule has 7 atom stereocenters. The predicted molar refractivity (Wildman–Crippen MR) is 200 cm³/mol. The molecule has 3 saturated carbocycles. The minimum absolute atomic E-state index is 0.0414. The van der Waals surface area contributed by atoms with E-state index in [4.69, 9.17) is 23.8 Å². The average molecular weight is 858 g/mol. The maximum atomic E-state index is 14.8. The molecule has 3 N–H and O–H groups in total. The van der Waals surface area contributed by atoms with E-state index in [1.165, 1.54) is 0 Å². The molecule has 290 valence electrons. The first-order valence-corrected chi connectivity index (χ1v) is 20.1. The van der Waals surface area contributed by atoms with Gasteiger partial charge in [-0.1, -0.05) is 24.3 Å². The first-order valence-electron chi connectivity index (χ1n) is 19.0. The summed E-state index contributed by atoms with van der Waals surface area (Å²) < 4.78 is 26.3. The topological polar surface area (TPSA) is 162 Å². The van der Waals surface area contributed by atoms with Crippen LogP contribution in [0.15, 0.2) is 48.5 Å². The van der Waals surface area contributed by atoms with Gasteiger partial charge in [-0.25, -0.2) is 0 Å². The summed E-state index contributed by atoms with van der Waals surface area (Å²) in [5, 5.41) is 17.4. The summed E-state index contributed by atoms with van der Waals surface area (Å²) >= 11 is 2.25. The number of nitrogens with zero attached hydrogens (tertiary/aromatic N) is 1. The summed E-state index contributed by atoms with van der Waals surface area (Å²) in [6.07, 6.45) is 1.96. The van der Waals surface area contributed by atoms with Crippen LogP contribution in [0.25, 0.3) is 0 Å². The summed E-state index contributed by atoms with van der Waals surface area (Å²) in [7, 11) is 0. The molecule has 3 heterocycles. The number of nitrogens with one attached hydrogen (secondary N) is 2. The Labute approximate surface area is 328 Å². The quantitative estimate of drug-likeness (QED) is 0.198. The Hall–Kier alpha value is -3.15. The molecule has 14 heteroatoms. The Kier molecular flexibility index (Phi) is 10.1. The van der Waals surface area contributed by atoms with E-state index in [0.29, 0.717) is 11.1 Å². The Morgan fingerprint density at radius 2 is 1.72 bits per heavy atom. The third-order valence-electron chi connectivity index (χ3n) is 11.4. The van der Waals surface area contributed by atoms with Gasteiger partial charge >= 0.3 is 11.9 Å². The van der Waals surface area contributed by atoms with Crippen molar-refractivity contribution in [1.29, 1.82) is 0 Å². The number of aliphatic hydroxyl groups is 1. The van der Waals surface area contributed by atoms with Crippen molar-refractivity contribution >= 4 is 46.3 Å². The van der Waals surface area contributed by atoms with E-state index in [2.05, 4.69) is 33.2 Å². The Morgan fingerprint density at radius 3 is 2.41 bits per heavy atom. The molecule has 0 spiro atoms. The van der Waals surface area contributed by atoms with Gasteiger partial charge in [-0.05, 0) is 111 Å². The Morgan fingerprint density at radius 1 is 1.02 bits per heavy atom. The highest BCUT2D eigenvalue weighted by Gasteiger charge is 2.78. The number of fused-ring (bicyclic) bond motifs is 4. The van der Waals surface area contributed by atoms with E-state index in [0.717, 1.165) is 34.8 Å². The van der Waals surface area contributed by atoms with Crippen molar-refractivity contribution in [3.63, 3.8) is 0 Å². The number of aliphatic hydroxyl groups excluding tert-OH is 1. The molecule has 3 aliphatic carbocycles. The zero-order valence-electron chi connectivity index (χ0n) is 30.8. The molecule has 8 rings (SSSR count). The first kappa shape index (κ1) is 37.8. The number of benzene rings is 2. The molecule has 6 fully saturated rings. The number of carbonyl (C=O) groups excluding carboxylic acids is 4. The van der Waals surface area contributed by atoms with Crippen molar-refractivity contribution in [2.75, 3.05) is 6.61 Å². The third-order valence-corrected chi connectivity index (χ3v) is 12.1. The minimum atomic E-state index is -1.31. The van der Waals surface area contributed by atoms with Crippen LogP contribution in [-0.2, 0) is 51.3 Å². The molecular weight excluding hydrogens is 809 g/mol. The van der Waals surface area contributed by atoms with Crippen molar-refractivity contribution in [2.45, 2.75) is 127 Å². The lowest BCUT2D eigenvalue weighted by Crippen LogP contribution is -2.69. The molecule has 13 nitrogen and oxygen atoms in total. The van der Waals surface area contributed by atoms with Gasteiger partial charge in [-0.15, -0.1) is 0 Å². The monoisotopic (exact) mass is 857 g/mol. The molecule has 3 saturated heterocycles. The van der Waals surface area contributed by atoms with Crippen molar-refractivity contribution in [3.8, 4) is 0 Å². The molecule has 54 heavy (non-hydrogen) atoms. The van der Waals surface area contributed by atoms with Crippen LogP contribution in [0.5, 0.6) is 0 Å². The van der Waals surface area contributed by atoms with Crippen molar-refractivity contribution in [1.82, 2.24) is 15.7 Å². The van der Waals surface area contributed by atoms with Gasteiger partial charge in [-0.2, -0.15) is 5.06 Å². The number of ether oxygens (including phenoxy) is 4. The average Bonchev–Trinajstić information content (AvgIpc) is 4.07. The van der Waals surface area contributed by atoms with E-state index in [9.17, 15) is 24.3 Å². The number of amides is 2. The van der Waals surface area contributed by atoms with Gasteiger partial charge in [0.05, 0.1) is 19.2 Å². The van der Waals surface area contributed by atoms with Crippen molar-refractivity contribution < 1.29 is 48.1 Å². The largest absolute Gasteiger partial charge is 0.460 e. The van der Waals surface area contributed by atoms with Crippen LogP contribution in [-0.4, -0.2) is 88.4 Å². The van der Waals surface area contributed by atoms with E-state index in [1.807, 2.05) is 24.3 Å². The van der Waals surface area contributed by atoms with E-state index in [1.54, 1.807) is 50.1 Å². The molecule has 6 aliphatic rings. The highest BCUT2D eigenvalue weighted by molar-refractivity contribution is 14.1. The molecule has 7 unspecified atom stereocenters. The van der Waals surface area contributed by atoms with Gasteiger partial charge in [0.25, 0.3) is 5.91 Å². The van der Waals surface area contributed by atoms with Crippen LogP contribution in [0.4, 0.5) is 0 Å². The van der Waals surface area contributed by atoms with Crippen molar-refractivity contribution in [2.24, 2.45) is 17.3 Å². The van der Waals surface area contributed by atoms with Crippen LogP contribution in [0, 0.1) is 20.8 Å². The fourth-order valence-corrected chi connectivity index (χ4v) is 9.42. The number of esters is 2. The van der Waals surface area contributed by atoms with E-state index >= 15 is 0 Å². The molecule has 0 radical (unpaired) electrons. The Balaban J connectivity index is 1.01. The van der Waals surface area contributed by atoms with Crippen LogP contribution in [0.1, 0.15) is 87.2 Å². The zero-order chi connectivity index (χ0) is 38.0. The number of halogens is 1. The predicted octanol–water partition coefficient (Wildman–Crippen LogP) is 3.92.